The zero-order chi connectivity index (χ0) is 13.8. The normalized spacial score (nSPS) is 34.5. The molecular formula is C16H28F2. The molecule has 2 rings (SSSR count). The van der Waals surface area contributed by atoms with Gasteiger partial charge in [-0.15, -0.1) is 0 Å². The fraction of sp³-hybridized carbons (Fsp3) is 1.00. The van der Waals surface area contributed by atoms with E-state index >= 15 is 0 Å². The number of hydrogen-bond acceptors (Lipinski definition) is 0. The van der Waals surface area contributed by atoms with Crippen molar-refractivity contribution >= 4 is 0 Å². The Hall–Kier alpha value is -0.140. The summed E-state index contributed by atoms with van der Waals surface area (Å²) in [6.07, 6.45) is 4.58. The summed E-state index contributed by atoms with van der Waals surface area (Å²) in [6, 6.07) is 0. The molecule has 0 amide bonds. The Morgan fingerprint density at radius 1 is 0.944 bits per heavy atom. The first-order chi connectivity index (χ1) is 7.99. The van der Waals surface area contributed by atoms with E-state index in [9.17, 15) is 8.78 Å². The van der Waals surface area contributed by atoms with Gasteiger partial charge in [-0.25, -0.2) is 8.78 Å². The maximum absolute atomic E-state index is 13.0. The van der Waals surface area contributed by atoms with Crippen LogP contribution >= 0.6 is 0 Å². The van der Waals surface area contributed by atoms with Gasteiger partial charge in [0.1, 0.15) is 0 Å². The van der Waals surface area contributed by atoms with Crippen LogP contribution in [-0.2, 0) is 0 Å². The highest BCUT2D eigenvalue weighted by Crippen LogP contribution is 2.57. The van der Waals surface area contributed by atoms with Crippen LogP contribution in [-0.4, -0.2) is 5.92 Å². The predicted molar refractivity (Wildman–Crippen MR) is 71.7 cm³/mol. The molecule has 0 bridgehead atoms. The average molecular weight is 258 g/mol. The highest BCUT2D eigenvalue weighted by atomic mass is 19.3. The van der Waals surface area contributed by atoms with Crippen molar-refractivity contribution in [3.05, 3.63) is 0 Å². The fourth-order valence-corrected chi connectivity index (χ4v) is 3.55. The molecule has 0 aromatic carbocycles. The van der Waals surface area contributed by atoms with Crippen molar-refractivity contribution < 1.29 is 8.78 Å². The van der Waals surface area contributed by atoms with Crippen LogP contribution in [0.2, 0.25) is 0 Å². The van der Waals surface area contributed by atoms with Gasteiger partial charge in [-0.05, 0) is 48.3 Å². The van der Waals surface area contributed by atoms with E-state index in [2.05, 4.69) is 34.6 Å². The molecule has 0 N–H and O–H groups in total. The molecule has 0 saturated heterocycles. The Bertz CT molecular complexity index is 312. The molecule has 18 heavy (non-hydrogen) atoms. The van der Waals surface area contributed by atoms with E-state index in [0.29, 0.717) is 11.8 Å². The van der Waals surface area contributed by atoms with Crippen LogP contribution in [0.25, 0.3) is 0 Å². The van der Waals surface area contributed by atoms with Crippen molar-refractivity contribution in [1.29, 1.82) is 0 Å². The molecule has 3 unspecified atom stereocenters. The first kappa shape index (κ1) is 14.3. The summed E-state index contributed by atoms with van der Waals surface area (Å²) in [7, 11) is 0. The van der Waals surface area contributed by atoms with Crippen molar-refractivity contribution in [2.75, 3.05) is 0 Å². The SMILES string of the molecule is CC(C)(C)CC1CC1CC(C)(C)CC1CC1(F)F. The highest BCUT2D eigenvalue weighted by molar-refractivity contribution is 4.99. The number of rotatable bonds is 5. The van der Waals surface area contributed by atoms with Gasteiger partial charge < -0.3 is 0 Å². The van der Waals surface area contributed by atoms with Crippen LogP contribution in [0.4, 0.5) is 8.78 Å². The molecule has 2 heteroatoms. The second-order valence-corrected chi connectivity index (χ2v) is 8.76. The highest BCUT2D eigenvalue weighted by Gasteiger charge is 2.58. The van der Waals surface area contributed by atoms with E-state index in [1.807, 2.05) is 0 Å². The molecule has 0 aromatic heterocycles. The summed E-state index contributed by atoms with van der Waals surface area (Å²) in [5.41, 5.74) is 0.509. The zero-order valence-corrected chi connectivity index (χ0v) is 12.5. The van der Waals surface area contributed by atoms with Gasteiger partial charge in [0.25, 0.3) is 5.92 Å². The number of halogens is 2. The second kappa shape index (κ2) is 4.18. The molecule has 2 saturated carbocycles. The third-order valence-electron chi connectivity index (χ3n) is 4.51. The quantitative estimate of drug-likeness (QED) is 0.609. The third kappa shape index (κ3) is 3.93. The van der Waals surface area contributed by atoms with Gasteiger partial charge in [-0.2, -0.15) is 0 Å². The van der Waals surface area contributed by atoms with E-state index in [4.69, 9.17) is 0 Å². The van der Waals surface area contributed by atoms with Crippen LogP contribution in [0.5, 0.6) is 0 Å². The maximum Gasteiger partial charge on any atom is 0.251 e. The van der Waals surface area contributed by atoms with Gasteiger partial charge in [-0.3, -0.25) is 0 Å². The lowest BCUT2D eigenvalue weighted by Crippen LogP contribution is -2.16. The van der Waals surface area contributed by atoms with Crippen LogP contribution < -0.4 is 0 Å². The average Bonchev–Trinajstić information content (AvgIpc) is 2.89. The largest absolute Gasteiger partial charge is 0.251 e. The second-order valence-electron chi connectivity index (χ2n) is 8.76. The van der Waals surface area contributed by atoms with Gasteiger partial charge in [0.2, 0.25) is 0 Å². The Morgan fingerprint density at radius 2 is 1.44 bits per heavy atom. The molecule has 0 nitrogen and oxygen atoms in total. The van der Waals surface area contributed by atoms with E-state index in [1.54, 1.807) is 0 Å². The monoisotopic (exact) mass is 258 g/mol. The molecule has 0 heterocycles. The van der Waals surface area contributed by atoms with E-state index < -0.39 is 5.92 Å². The molecule has 2 aliphatic rings. The molecule has 0 aromatic rings. The van der Waals surface area contributed by atoms with Crippen molar-refractivity contribution in [3.8, 4) is 0 Å². The summed E-state index contributed by atoms with van der Waals surface area (Å²) in [4.78, 5) is 0. The minimum atomic E-state index is -2.34. The Labute approximate surface area is 111 Å². The summed E-state index contributed by atoms with van der Waals surface area (Å²) in [6.45, 7) is 11.2. The zero-order valence-electron chi connectivity index (χ0n) is 12.5. The fourth-order valence-electron chi connectivity index (χ4n) is 3.55. The van der Waals surface area contributed by atoms with Crippen molar-refractivity contribution in [3.63, 3.8) is 0 Å². The lowest BCUT2D eigenvalue weighted by molar-refractivity contribution is 0.0845. The maximum atomic E-state index is 13.0. The predicted octanol–water partition coefficient (Wildman–Crippen LogP) is 5.52. The van der Waals surface area contributed by atoms with Crippen molar-refractivity contribution in [2.24, 2.45) is 28.6 Å². The molecular weight excluding hydrogens is 230 g/mol. The van der Waals surface area contributed by atoms with Crippen molar-refractivity contribution in [2.45, 2.75) is 72.6 Å². The number of hydrogen-bond donors (Lipinski definition) is 0. The van der Waals surface area contributed by atoms with Gasteiger partial charge in [0.05, 0.1) is 0 Å². The summed E-state index contributed by atoms with van der Waals surface area (Å²) in [5.74, 6) is -1.02. The molecule has 2 fully saturated rings. The molecule has 0 radical (unpaired) electrons. The van der Waals surface area contributed by atoms with Gasteiger partial charge in [0.15, 0.2) is 0 Å². The van der Waals surface area contributed by atoms with Crippen LogP contribution in [0, 0.1) is 28.6 Å². The van der Waals surface area contributed by atoms with E-state index in [0.717, 1.165) is 18.3 Å². The van der Waals surface area contributed by atoms with Crippen LogP contribution in [0.1, 0.15) is 66.7 Å². The molecule has 2 aliphatic carbocycles. The number of alkyl halides is 2. The smallest absolute Gasteiger partial charge is 0.207 e. The molecule has 106 valence electrons. The minimum Gasteiger partial charge on any atom is -0.207 e. The van der Waals surface area contributed by atoms with Gasteiger partial charge in [-0.1, -0.05) is 34.6 Å². The van der Waals surface area contributed by atoms with E-state index in [-0.39, 0.29) is 17.8 Å². The molecule has 0 spiro atoms. The summed E-state index contributed by atoms with van der Waals surface area (Å²) >= 11 is 0. The lowest BCUT2D eigenvalue weighted by atomic mass is 9.80. The first-order valence-electron chi connectivity index (χ1n) is 7.36. The van der Waals surface area contributed by atoms with Gasteiger partial charge in [0, 0.05) is 12.3 Å². The van der Waals surface area contributed by atoms with Crippen LogP contribution in [0.3, 0.4) is 0 Å². The Kier molecular flexibility index (Phi) is 3.31. The van der Waals surface area contributed by atoms with E-state index in [1.165, 1.54) is 12.8 Å². The first-order valence-corrected chi connectivity index (χ1v) is 7.36. The topological polar surface area (TPSA) is 0 Å². The third-order valence-corrected chi connectivity index (χ3v) is 4.51. The van der Waals surface area contributed by atoms with Crippen molar-refractivity contribution in [1.82, 2.24) is 0 Å². The summed E-state index contributed by atoms with van der Waals surface area (Å²) < 4.78 is 26.0. The lowest BCUT2D eigenvalue weighted by Gasteiger charge is -2.25. The molecule has 3 atom stereocenters. The standard InChI is InChI=1S/C16H28F2/c1-14(2,3)7-11-6-12(11)8-15(4,5)9-13-10-16(13,17)18/h11-13H,6-10H2,1-5H3. The Balaban J connectivity index is 1.73. The summed E-state index contributed by atoms with van der Waals surface area (Å²) in [5, 5.41) is 0. The molecule has 0 aliphatic heterocycles. The Morgan fingerprint density at radius 3 is 1.89 bits per heavy atom. The van der Waals surface area contributed by atoms with Gasteiger partial charge >= 0.3 is 0 Å². The van der Waals surface area contributed by atoms with Crippen LogP contribution in [0.15, 0.2) is 0 Å². The minimum absolute atomic E-state index is 0.0991.